The van der Waals surface area contributed by atoms with Crippen LogP contribution >= 0.6 is 0 Å². The summed E-state index contributed by atoms with van der Waals surface area (Å²) in [4.78, 5) is 13.1. The van der Waals surface area contributed by atoms with E-state index in [-0.39, 0.29) is 16.5 Å². The van der Waals surface area contributed by atoms with Crippen molar-refractivity contribution in [3.05, 3.63) is 18.2 Å². The molecule has 7 nitrogen and oxygen atoms in total. The third kappa shape index (κ3) is 3.15. The summed E-state index contributed by atoms with van der Waals surface area (Å²) in [5.41, 5.74) is 6.61. The third-order valence-corrected chi connectivity index (χ3v) is 3.96. The molecule has 1 aliphatic heterocycles. The van der Waals surface area contributed by atoms with Crippen molar-refractivity contribution in [2.75, 3.05) is 30.3 Å². The van der Waals surface area contributed by atoms with Gasteiger partial charge in [-0.05, 0) is 18.2 Å². The maximum atomic E-state index is 11.3. The SMILES string of the molecule is Nc1cc(N2CCNC(=O)CC2)ccc1S(N)(=O)=O. The van der Waals surface area contributed by atoms with Crippen molar-refractivity contribution in [2.45, 2.75) is 11.3 Å². The second kappa shape index (κ2) is 5.06. The Bertz CT molecular complexity index is 600. The van der Waals surface area contributed by atoms with E-state index in [0.717, 1.165) is 5.69 Å². The molecule has 0 spiro atoms. The molecule has 104 valence electrons. The highest BCUT2D eigenvalue weighted by Gasteiger charge is 2.17. The molecular weight excluding hydrogens is 268 g/mol. The van der Waals surface area contributed by atoms with Crippen molar-refractivity contribution in [2.24, 2.45) is 5.14 Å². The molecule has 0 aliphatic carbocycles. The number of carbonyl (C=O) groups excluding carboxylic acids is 1. The van der Waals surface area contributed by atoms with E-state index in [1.165, 1.54) is 6.07 Å². The highest BCUT2D eigenvalue weighted by molar-refractivity contribution is 7.89. The van der Waals surface area contributed by atoms with Crippen LogP contribution in [0.1, 0.15) is 6.42 Å². The number of benzene rings is 1. The summed E-state index contributed by atoms with van der Waals surface area (Å²) in [6.07, 6.45) is 0.400. The average molecular weight is 284 g/mol. The van der Waals surface area contributed by atoms with E-state index < -0.39 is 10.0 Å². The maximum Gasteiger partial charge on any atom is 0.240 e. The number of hydrogen-bond acceptors (Lipinski definition) is 5. The number of nitrogens with two attached hydrogens (primary N) is 2. The van der Waals surface area contributed by atoms with Crippen LogP contribution in [0.3, 0.4) is 0 Å². The Balaban J connectivity index is 2.27. The predicted octanol–water partition coefficient (Wildman–Crippen LogP) is -0.757. The number of primary sulfonamides is 1. The lowest BCUT2D eigenvalue weighted by atomic mass is 10.2. The van der Waals surface area contributed by atoms with Crippen LogP contribution in [0.2, 0.25) is 0 Å². The van der Waals surface area contributed by atoms with Gasteiger partial charge in [-0.1, -0.05) is 0 Å². The molecular formula is C11H16N4O3S. The highest BCUT2D eigenvalue weighted by Crippen LogP contribution is 2.24. The van der Waals surface area contributed by atoms with Crippen molar-refractivity contribution in [3.63, 3.8) is 0 Å². The molecule has 2 rings (SSSR count). The van der Waals surface area contributed by atoms with Gasteiger partial charge in [0.1, 0.15) is 4.90 Å². The van der Waals surface area contributed by atoms with Gasteiger partial charge in [0.25, 0.3) is 0 Å². The number of nitrogen functional groups attached to an aromatic ring is 1. The Morgan fingerprint density at radius 3 is 2.63 bits per heavy atom. The van der Waals surface area contributed by atoms with Gasteiger partial charge in [0.15, 0.2) is 0 Å². The second-order valence-corrected chi connectivity index (χ2v) is 5.88. The molecule has 1 aromatic rings. The summed E-state index contributed by atoms with van der Waals surface area (Å²) in [7, 11) is -3.81. The zero-order valence-electron chi connectivity index (χ0n) is 10.3. The molecule has 0 atom stereocenters. The van der Waals surface area contributed by atoms with Crippen molar-refractivity contribution in [1.29, 1.82) is 0 Å². The first-order valence-electron chi connectivity index (χ1n) is 5.82. The standard InChI is InChI=1S/C11H16N4O3S/c12-9-7-8(1-2-10(9)19(13,17)18)15-5-3-11(16)14-4-6-15/h1-2,7H,3-6,12H2,(H,14,16)(H2,13,17,18). The number of anilines is 2. The largest absolute Gasteiger partial charge is 0.398 e. The fraction of sp³-hybridized carbons (Fsp3) is 0.364. The Morgan fingerprint density at radius 1 is 1.26 bits per heavy atom. The molecule has 5 N–H and O–H groups in total. The van der Waals surface area contributed by atoms with Crippen LogP contribution in [0.4, 0.5) is 11.4 Å². The summed E-state index contributed by atoms with van der Waals surface area (Å²) in [6, 6.07) is 4.60. The number of nitrogens with one attached hydrogen (secondary N) is 1. The first kappa shape index (κ1) is 13.6. The quantitative estimate of drug-likeness (QED) is 0.617. The summed E-state index contributed by atoms with van der Waals surface area (Å²) in [6.45, 7) is 1.77. The van der Waals surface area contributed by atoms with Crippen molar-refractivity contribution in [3.8, 4) is 0 Å². The normalized spacial score (nSPS) is 16.9. The molecule has 1 saturated heterocycles. The molecule has 1 amide bonds. The number of hydrogen-bond donors (Lipinski definition) is 3. The van der Waals surface area contributed by atoms with E-state index >= 15 is 0 Å². The fourth-order valence-corrected chi connectivity index (χ4v) is 2.66. The molecule has 1 aromatic carbocycles. The Labute approximate surface area is 111 Å². The molecule has 8 heteroatoms. The molecule has 0 radical (unpaired) electrons. The van der Waals surface area contributed by atoms with Crippen molar-refractivity contribution < 1.29 is 13.2 Å². The molecule has 19 heavy (non-hydrogen) atoms. The van der Waals surface area contributed by atoms with Gasteiger partial charge < -0.3 is 16.0 Å². The molecule has 0 unspecified atom stereocenters. The van der Waals surface area contributed by atoms with E-state index in [9.17, 15) is 13.2 Å². The van der Waals surface area contributed by atoms with Crippen molar-refractivity contribution in [1.82, 2.24) is 5.32 Å². The third-order valence-electron chi connectivity index (χ3n) is 2.98. The number of carbonyl (C=O) groups is 1. The lowest BCUT2D eigenvalue weighted by Gasteiger charge is -2.22. The number of rotatable bonds is 2. The monoisotopic (exact) mass is 284 g/mol. The van der Waals surface area contributed by atoms with E-state index in [0.29, 0.717) is 26.1 Å². The summed E-state index contributed by atoms with van der Waals surface area (Å²) < 4.78 is 22.5. The minimum Gasteiger partial charge on any atom is -0.398 e. The topological polar surface area (TPSA) is 119 Å². The number of sulfonamides is 1. The summed E-state index contributed by atoms with van der Waals surface area (Å²) >= 11 is 0. The van der Waals surface area contributed by atoms with E-state index in [4.69, 9.17) is 10.9 Å². The molecule has 0 saturated carbocycles. The van der Waals surface area contributed by atoms with Gasteiger partial charge in [0, 0.05) is 31.7 Å². The van der Waals surface area contributed by atoms with Crippen LogP contribution in [-0.2, 0) is 14.8 Å². The van der Waals surface area contributed by atoms with Gasteiger partial charge >= 0.3 is 0 Å². The first-order chi connectivity index (χ1) is 8.88. The van der Waals surface area contributed by atoms with Crippen LogP contribution in [0.25, 0.3) is 0 Å². The van der Waals surface area contributed by atoms with E-state index in [1.54, 1.807) is 12.1 Å². The van der Waals surface area contributed by atoms with Crippen LogP contribution in [0.5, 0.6) is 0 Å². The highest BCUT2D eigenvalue weighted by atomic mass is 32.2. The number of nitrogens with zero attached hydrogens (tertiary/aromatic N) is 1. The zero-order chi connectivity index (χ0) is 14.0. The second-order valence-electron chi connectivity index (χ2n) is 4.35. The minimum absolute atomic E-state index is 0.0108. The van der Waals surface area contributed by atoms with Gasteiger partial charge in [0.2, 0.25) is 15.9 Å². The molecule has 0 bridgehead atoms. The Morgan fingerprint density at radius 2 is 2.00 bits per heavy atom. The fourth-order valence-electron chi connectivity index (χ4n) is 2.02. The number of amides is 1. The van der Waals surface area contributed by atoms with Gasteiger partial charge in [-0.2, -0.15) is 0 Å². The first-order valence-corrected chi connectivity index (χ1v) is 7.36. The summed E-state index contributed by atoms with van der Waals surface area (Å²) in [5, 5.41) is 7.82. The predicted molar refractivity (Wildman–Crippen MR) is 72.1 cm³/mol. The molecule has 1 fully saturated rings. The Kier molecular flexibility index (Phi) is 3.63. The van der Waals surface area contributed by atoms with Crippen LogP contribution in [-0.4, -0.2) is 34.0 Å². The van der Waals surface area contributed by atoms with Gasteiger partial charge in [0.05, 0.1) is 5.69 Å². The average Bonchev–Trinajstić information content (AvgIpc) is 2.52. The lowest BCUT2D eigenvalue weighted by molar-refractivity contribution is -0.120. The van der Waals surface area contributed by atoms with E-state index in [2.05, 4.69) is 5.32 Å². The van der Waals surface area contributed by atoms with Crippen LogP contribution in [0.15, 0.2) is 23.1 Å². The van der Waals surface area contributed by atoms with Crippen LogP contribution < -0.4 is 21.1 Å². The van der Waals surface area contributed by atoms with E-state index in [1.807, 2.05) is 4.90 Å². The molecule has 0 aromatic heterocycles. The minimum atomic E-state index is -3.81. The maximum absolute atomic E-state index is 11.3. The van der Waals surface area contributed by atoms with Crippen LogP contribution in [0, 0.1) is 0 Å². The zero-order valence-corrected chi connectivity index (χ0v) is 11.1. The van der Waals surface area contributed by atoms with Crippen molar-refractivity contribution >= 4 is 27.3 Å². The molecule has 1 aliphatic rings. The summed E-state index contributed by atoms with van der Waals surface area (Å²) in [5.74, 6) is 0.0108. The van der Waals surface area contributed by atoms with Gasteiger partial charge in [-0.25, -0.2) is 13.6 Å². The molecule has 1 heterocycles. The lowest BCUT2D eigenvalue weighted by Crippen LogP contribution is -2.28. The Hall–Kier alpha value is -1.80. The smallest absolute Gasteiger partial charge is 0.240 e. The van der Waals surface area contributed by atoms with Gasteiger partial charge in [-0.3, -0.25) is 4.79 Å². The van der Waals surface area contributed by atoms with Gasteiger partial charge in [-0.15, -0.1) is 0 Å².